The highest BCUT2D eigenvalue weighted by atomic mass is 16.5. The van der Waals surface area contributed by atoms with Gasteiger partial charge in [0, 0.05) is 22.5 Å². The summed E-state index contributed by atoms with van der Waals surface area (Å²) in [7, 11) is 5.14. The summed E-state index contributed by atoms with van der Waals surface area (Å²) in [5.41, 5.74) is 3.89. The molecule has 6 atom stereocenters. The lowest BCUT2D eigenvalue weighted by Gasteiger charge is -2.66. The molecule has 0 heterocycles. The van der Waals surface area contributed by atoms with Gasteiger partial charge in [0.2, 0.25) is 0 Å². The zero-order chi connectivity index (χ0) is 23.8. The van der Waals surface area contributed by atoms with Gasteiger partial charge in [-0.25, -0.2) is 0 Å². The average molecular weight is 453 g/mol. The van der Waals surface area contributed by atoms with Crippen molar-refractivity contribution >= 4 is 5.97 Å². The van der Waals surface area contributed by atoms with E-state index in [2.05, 4.69) is 45.9 Å². The Morgan fingerprint density at radius 1 is 1.00 bits per heavy atom. The number of rotatable bonds is 4. The van der Waals surface area contributed by atoms with Crippen molar-refractivity contribution in [1.82, 2.24) is 0 Å². The number of carbonyl (C=O) groups is 1. The van der Waals surface area contributed by atoms with E-state index >= 15 is 0 Å². The number of hydrogen-bond acceptors (Lipinski definition) is 4. The molecule has 6 rings (SSSR count). The van der Waals surface area contributed by atoms with Crippen molar-refractivity contribution in [2.45, 2.75) is 77.6 Å². The Kier molecular flexibility index (Phi) is 5.19. The van der Waals surface area contributed by atoms with Crippen LogP contribution in [-0.2, 0) is 14.9 Å². The van der Waals surface area contributed by atoms with Gasteiger partial charge < -0.3 is 14.2 Å². The highest BCUT2D eigenvalue weighted by Crippen LogP contribution is 2.73. The van der Waals surface area contributed by atoms with Gasteiger partial charge in [0.15, 0.2) is 0 Å². The van der Waals surface area contributed by atoms with Crippen LogP contribution in [0.4, 0.5) is 0 Å². The summed E-state index contributed by atoms with van der Waals surface area (Å²) in [4.78, 5) is 13.1. The van der Waals surface area contributed by atoms with Gasteiger partial charge >= 0.3 is 5.97 Å². The van der Waals surface area contributed by atoms with E-state index in [4.69, 9.17) is 14.2 Å². The Bertz CT molecular complexity index is 1010. The van der Waals surface area contributed by atoms with Crippen molar-refractivity contribution in [2.75, 3.05) is 21.3 Å². The molecule has 180 valence electrons. The van der Waals surface area contributed by atoms with Crippen LogP contribution in [0, 0.1) is 28.6 Å². The van der Waals surface area contributed by atoms with Crippen molar-refractivity contribution in [3.63, 3.8) is 0 Å². The number of ether oxygens (including phenoxy) is 3. The second kappa shape index (κ2) is 7.52. The first-order valence-corrected chi connectivity index (χ1v) is 12.7. The van der Waals surface area contributed by atoms with Gasteiger partial charge in [-0.15, -0.1) is 0 Å². The summed E-state index contributed by atoms with van der Waals surface area (Å²) >= 11 is 0. The molecule has 2 bridgehead atoms. The predicted molar refractivity (Wildman–Crippen MR) is 130 cm³/mol. The number of fused-ring (bicyclic) bond motifs is 1. The van der Waals surface area contributed by atoms with Crippen LogP contribution in [0.1, 0.15) is 83.3 Å². The normalized spacial score (nSPS) is 38.7. The third kappa shape index (κ3) is 2.79. The maximum atomic E-state index is 13.1. The van der Waals surface area contributed by atoms with Crippen LogP contribution in [0.25, 0.3) is 0 Å². The monoisotopic (exact) mass is 452 g/mol. The molecule has 5 aliphatic rings. The average Bonchev–Trinajstić information content (AvgIpc) is 2.82. The lowest BCUT2D eigenvalue weighted by atomic mass is 9.37. The SMILES string of the molecule is COC(=O)[C@@]1(C)CCC[C@]2(C)[C@H]3C[C@H]4C(C(C)C)=C[C@@]3(CC[C@@H]21)c1c(OC)ccc(OC)c14. The molecule has 4 heteroatoms. The molecule has 5 aliphatic carbocycles. The number of benzene rings is 1. The van der Waals surface area contributed by atoms with Crippen LogP contribution < -0.4 is 9.47 Å². The molecule has 0 amide bonds. The number of hydrogen-bond donors (Lipinski definition) is 0. The molecular formula is C29H40O4. The summed E-state index contributed by atoms with van der Waals surface area (Å²) in [6, 6.07) is 4.19. The molecule has 1 aromatic rings. The quantitative estimate of drug-likeness (QED) is 0.390. The molecule has 1 spiro atoms. The van der Waals surface area contributed by atoms with Gasteiger partial charge in [-0.2, -0.15) is 0 Å². The first-order chi connectivity index (χ1) is 15.7. The van der Waals surface area contributed by atoms with Crippen molar-refractivity contribution in [3.8, 4) is 11.5 Å². The number of carbonyl (C=O) groups excluding carboxylic acids is 1. The second-order valence-corrected chi connectivity index (χ2v) is 11.8. The Balaban J connectivity index is 1.73. The van der Waals surface area contributed by atoms with E-state index in [0.717, 1.165) is 43.6 Å². The van der Waals surface area contributed by atoms with E-state index in [9.17, 15) is 4.79 Å². The maximum Gasteiger partial charge on any atom is 0.311 e. The summed E-state index contributed by atoms with van der Waals surface area (Å²) in [6.07, 6.45) is 9.05. The zero-order valence-corrected chi connectivity index (χ0v) is 21.4. The molecule has 0 unspecified atom stereocenters. The van der Waals surface area contributed by atoms with Crippen LogP contribution in [0.15, 0.2) is 23.8 Å². The van der Waals surface area contributed by atoms with Gasteiger partial charge in [-0.05, 0) is 74.3 Å². The lowest BCUT2D eigenvalue weighted by molar-refractivity contribution is -0.175. The summed E-state index contributed by atoms with van der Waals surface area (Å²) < 4.78 is 17.3. The molecule has 0 aromatic heterocycles. The smallest absolute Gasteiger partial charge is 0.311 e. The number of esters is 1. The molecule has 33 heavy (non-hydrogen) atoms. The third-order valence-electron chi connectivity index (χ3n) is 10.3. The van der Waals surface area contributed by atoms with Crippen molar-refractivity contribution in [2.24, 2.45) is 28.6 Å². The minimum Gasteiger partial charge on any atom is -0.496 e. The van der Waals surface area contributed by atoms with E-state index in [-0.39, 0.29) is 16.8 Å². The first kappa shape index (κ1) is 22.8. The lowest BCUT2D eigenvalue weighted by Crippen LogP contribution is -2.62. The highest BCUT2D eigenvalue weighted by Gasteiger charge is 2.66. The summed E-state index contributed by atoms with van der Waals surface area (Å²) in [5, 5.41) is 0. The fourth-order valence-corrected chi connectivity index (χ4v) is 9.00. The van der Waals surface area contributed by atoms with Crippen LogP contribution in [-0.4, -0.2) is 27.3 Å². The van der Waals surface area contributed by atoms with Crippen LogP contribution in [0.3, 0.4) is 0 Å². The van der Waals surface area contributed by atoms with Crippen molar-refractivity contribution < 1.29 is 19.0 Å². The molecular weight excluding hydrogens is 412 g/mol. The Morgan fingerprint density at radius 3 is 2.33 bits per heavy atom. The van der Waals surface area contributed by atoms with E-state index in [1.54, 1.807) is 26.9 Å². The van der Waals surface area contributed by atoms with Gasteiger partial charge in [-0.3, -0.25) is 4.79 Å². The number of methoxy groups -OCH3 is 3. The fraction of sp³-hybridized carbons (Fsp3) is 0.690. The third-order valence-corrected chi connectivity index (χ3v) is 10.3. The molecule has 0 saturated heterocycles. The van der Waals surface area contributed by atoms with E-state index < -0.39 is 5.41 Å². The Hall–Kier alpha value is -1.97. The molecule has 4 nitrogen and oxygen atoms in total. The molecule has 1 aromatic carbocycles. The molecule has 0 radical (unpaired) electrons. The van der Waals surface area contributed by atoms with E-state index in [0.29, 0.717) is 23.7 Å². The predicted octanol–water partition coefficient (Wildman–Crippen LogP) is 6.42. The summed E-state index contributed by atoms with van der Waals surface area (Å²) in [5.74, 6) is 3.64. The van der Waals surface area contributed by atoms with Gasteiger partial charge in [0.05, 0.1) is 26.7 Å². The first-order valence-electron chi connectivity index (χ1n) is 12.7. The molecule has 0 aliphatic heterocycles. The minimum absolute atomic E-state index is 0.0200. The molecule has 2 fully saturated rings. The molecule has 2 saturated carbocycles. The largest absolute Gasteiger partial charge is 0.496 e. The van der Waals surface area contributed by atoms with Crippen LogP contribution in [0.2, 0.25) is 0 Å². The fourth-order valence-electron chi connectivity index (χ4n) is 9.00. The van der Waals surface area contributed by atoms with Gasteiger partial charge in [0.1, 0.15) is 11.5 Å². The standard InChI is InChI=1S/C29H40O4/c1-17(2)19-16-29-14-11-22-27(3,12-8-13-28(22,4)26(30)33-7)23(29)15-18(19)24-20(31-5)9-10-21(32-6)25(24)29/h9-10,16-18,22-23H,8,11-15H2,1-7H3/t18-,22-,23+,27-,28-,29+/m0/s1. The number of allylic oxidation sites excluding steroid dienone is 2. The van der Waals surface area contributed by atoms with Gasteiger partial charge in [0.25, 0.3) is 0 Å². The van der Waals surface area contributed by atoms with E-state index in [1.807, 2.05) is 0 Å². The Morgan fingerprint density at radius 2 is 1.70 bits per heavy atom. The highest BCUT2D eigenvalue weighted by molar-refractivity contribution is 5.77. The molecule has 0 N–H and O–H groups in total. The van der Waals surface area contributed by atoms with Crippen molar-refractivity contribution in [3.05, 3.63) is 34.9 Å². The topological polar surface area (TPSA) is 44.8 Å². The second-order valence-electron chi connectivity index (χ2n) is 11.8. The van der Waals surface area contributed by atoms with Crippen LogP contribution in [0.5, 0.6) is 11.5 Å². The maximum absolute atomic E-state index is 13.1. The van der Waals surface area contributed by atoms with Crippen LogP contribution >= 0.6 is 0 Å². The minimum atomic E-state index is -0.397. The Labute approximate surface area is 199 Å². The summed E-state index contributed by atoms with van der Waals surface area (Å²) in [6.45, 7) is 9.31. The zero-order valence-electron chi connectivity index (χ0n) is 21.4. The van der Waals surface area contributed by atoms with E-state index in [1.165, 1.54) is 17.5 Å². The van der Waals surface area contributed by atoms with Crippen molar-refractivity contribution in [1.29, 1.82) is 0 Å². The van der Waals surface area contributed by atoms with Gasteiger partial charge in [-0.1, -0.05) is 38.8 Å².